The zero-order valence-electron chi connectivity index (χ0n) is 20.3. The molecule has 0 aliphatic carbocycles. The Balaban J connectivity index is 1.87. The predicted molar refractivity (Wildman–Crippen MR) is 132 cm³/mol. The molecule has 35 heavy (non-hydrogen) atoms. The molecule has 1 unspecified atom stereocenters. The van der Waals surface area contributed by atoms with E-state index >= 15 is 0 Å². The Morgan fingerprint density at radius 3 is 2.63 bits per heavy atom. The Morgan fingerprint density at radius 1 is 1.37 bits per heavy atom. The molecule has 8 nitrogen and oxygen atoms in total. The number of benzene rings is 1. The van der Waals surface area contributed by atoms with Crippen molar-refractivity contribution >= 4 is 33.7 Å². The van der Waals surface area contributed by atoms with E-state index in [1.165, 1.54) is 4.90 Å². The van der Waals surface area contributed by atoms with Crippen molar-refractivity contribution in [2.45, 2.75) is 61.8 Å². The SMILES string of the molecule is C=CCN(C(=O)[C@H]1N([C@H](CO)c2ccccc2)C(=O)[C@@H]2[C@@H](C(=O)OCC)[C@@H]3O[C@@]21CC3Br)C(C)C. The van der Waals surface area contributed by atoms with Crippen LogP contribution in [0.25, 0.3) is 0 Å². The molecule has 0 saturated carbocycles. The van der Waals surface area contributed by atoms with Crippen molar-refractivity contribution in [3.8, 4) is 0 Å². The van der Waals surface area contributed by atoms with Crippen LogP contribution in [0.1, 0.15) is 38.8 Å². The van der Waals surface area contributed by atoms with Crippen LogP contribution >= 0.6 is 15.9 Å². The maximum Gasteiger partial charge on any atom is 0.312 e. The first-order chi connectivity index (χ1) is 16.7. The summed E-state index contributed by atoms with van der Waals surface area (Å²) in [6.07, 6.45) is 1.47. The second-order valence-electron chi connectivity index (χ2n) is 9.64. The molecule has 2 amide bonds. The number of fused-ring (bicyclic) bond motifs is 1. The molecule has 3 saturated heterocycles. The molecule has 0 radical (unpaired) electrons. The molecule has 3 aliphatic rings. The van der Waals surface area contributed by atoms with Crippen molar-refractivity contribution in [3.63, 3.8) is 0 Å². The van der Waals surface area contributed by atoms with E-state index in [4.69, 9.17) is 9.47 Å². The number of carbonyl (C=O) groups is 3. The molecular weight excluding hydrogens is 516 g/mol. The highest BCUT2D eigenvalue weighted by Gasteiger charge is 2.77. The van der Waals surface area contributed by atoms with E-state index < -0.39 is 41.6 Å². The smallest absolute Gasteiger partial charge is 0.312 e. The second kappa shape index (κ2) is 10.0. The highest BCUT2D eigenvalue weighted by molar-refractivity contribution is 9.09. The van der Waals surface area contributed by atoms with Gasteiger partial charge in [0.1, 0.15) is 11.6 Å². The molecule has 3 aliphatic heterocycles. The maximum atomic E-state index is 14.2. The first-order valence-electron chi connectivity index (χ1n) is 12.1. The van der Waals surface area contributed by atoms with Crippen molar-refractivity contribution < 1.29 is 29.0 Å². The van der Waals surface area contributed by atoms with E-state index in [2.05, 4.69) is 22.5 Å². The normalized spacial score (nSPS) is 32.0. The largest absolute Gasteiger partial charge is 0.466 e. The minimum absolute atomic E-state index is 0.156. The molecule has 0 aromatic heterocycles. The third-order valence-corrected chi connectivity index (χ3v) is 8.29. The number of alkyl halides is 1. The molecular formula is C26H33BrN2O6. The first kappa shape index (κ1) is 25.9. The molecule has 1 aromatic rings. The fourth-order valence-corrected chi connectivity index (χ4v) is 7.01. The van der Waals surface area contributed by atoms with Crippen LogP contribution in [0.4, 0.5) is 0 Å². The quantitative estimate of drug-likeness (QED) is 0.289. The van der Waals surface area contributed by atoms with Crippen molar-refractivity contribution in [2.75, 3.05) is 19.8 Å². The maximum absolute atomic E-state index is 14.2. The van der Waals surface area contributed by atoms with Gasteiger partial charge in [-0.05, 0) is 32.8 Å². The van der Waals surface area contributed by atoms with E-state index in [1.54, 1.807) is 17.9 Å². The number of hydrogen-bond donors (Lipinski definition) is 1. The number of likely N-dealkylation sites (tertiary alicyclic amines) is 1. The van der Waals surface area contributed by atoms with Crippen molar-refractivity contribution in [1.29, 1.82) is 0 Å². The van der Waals surface area contributed by atoms with Gasteiger partial charge in [-0.2, -0.15) is 0 Å². The molecule has 9 heteroatoms. The number of ether oxygens (including phenoxy) is 2. The standard InChI is InChI=1S/C26H33BrN2O6/c1-5-12-28(15(3)4)24(32)22-26-13-17(27)21(35-26)19(25(33)34-6-2)20(26)23(31)29(22)18(14-30)16-10-8-7-9-11-16/h5,7-11,15,17-22,30H,1,6,12-14H2,2-4H3/t17?,18-,19-,20+,21-,22-,26+/m1/s1. The van der Waals surface area contributed by atoms with Crippen molar-refractivity contribution in [3.05, 3.63) is 48.6 Å². The molecule has 190 valence electrons. The Hall–Kier alpha value is -2.23. The molecule has 1 aromatic carbocycles. The van der Waals surface area contributed by atoms with Gasteiger partial charge in [0.15, 0.2) is 0 Å². The van der Waals surface area contributed by atoms with Gasteiger partial charge < -0.3 is 24.4 Å². The summed E-state index contributed by atoms with van der Waals surface area (Å²) in [6.45, 7) is 9.41. The molecule has 3 fully saturated rings. The van der Waals surface area contributed by atoms with Gasteiger partial charge in [0, 0.05) is 17.4 Å². The average Bonchev–Trinajstić information content (AvgIpc) is 3.42. The monoisotopic (exact) mass is 548 g/mol. The van der Waals surface area contributed by atoms with Crippen LogP contribution in [0.3, 0.4) is 0 Å². The fraction of sp³-hybridized carbons (Fsp3) is 0.577. The van der Waals surface area contributed by atoms with Gasteiger partial charge in [-0.1, -0.05) is 52.3 Å². The molecule has 2 bridgehead atoms. The number of amides is 2. The molecule has 1 spiro atoms. The summed E-state index contributed by atoms with van der Waals surface area (Å²) in [4.78, 5) is 44.3. The second-order valence-corrected chi connectivity index (χ2v) is 10.8. The number of nitrogens with zero attached hydrogens (tertiary/aromatic N) is 2. The van der Waals surface area contributed by atoms with Crippen molar-refractivity contribution in [1.82, 2.24) is 9.80 Å². The number of aliphatic hydroxyl groups is 1. The lowest BCUT2D eigenvalue weighted by atomic mass is 9.70. The fourth-order valence-electron chi connectivity index (χ4n) is 6.07. The summed E-state index contributed by atoms with van der Waals surface area (Å²) in [6, 6.07) is 7.20. The van der Waals surface area contributed by atoms with Crippen LogP contribution in [0.15, 0.2) is 43.0 Å². The lowest BCUT2D eigenvalue weighted by Crippen LogP contribution is -2.58. The van der Waals surface area contributed by atoms with E-state index in [-0.39, 0.29) is 35.9 Å². The third kappa shape index (κ3) is 4.01. The third-order valence-electron chi connectivity index (χ3n) is 7.45. The van der Waals surface area contributed by atoms with Gasteiger partial charge >= 0.3 is 5.97 Å². The summed E-state index contributed by atoms with van der Waals surface area (Å²) in [5.41, 5.74) is -0.504. The van der Waals surface area contributed by atoms with E-state index in [9.17, 15) is 19.5 Å². The van der Waals surface area contributed by atoms with Gasteiger partial charge in [0.25, 0.3) is 0 Å². The van der Waals surface area contributed by atoms with E-state index in [0.29, 0.717) is 18.5 Å². The highest BCUT2D eigenvalue weighted by atomic mass is 79.9. The Kier molecular flexibility index (Phi) is 7.41. The number of rotatable bonds is 9. The number of carbonyl (C=O) groups excluding carboxylic acids is 3. The highest BCUT2D eigenvalue weighted by Crippen LogP contribution is 2.61. The topological polar surface area (TPSA) is 96.4 Å². The number of esters is 1. The summed E-state index contributed by atoms with van der Waals surface area (Å²) in [5, 5.41) is 10.5. The first-order valence-corrected chi connectivity index (χ1v) is 13.0. The van der Waals surface area contributed by atoms with Crippen LogP contribution < -0.4 is 0 Å². The van der Waals surface area contributed by atoms with E-state index in [1.807, 2.05) is 44.2 Å². The van der Waals surface area contributed by atoms with Crippen molar-refractivity contribution in [2.24, 2.45) is 11.8 Å². The van der Waals surface area contributed by atoms with E-state index in [0.717, 1.165) is 0 Å². The van der Waals surface area contributed by atoms with Crippen LogP contribution in [0, 0.1) is 11.8 Å². The minimum atomic E-state index is -1.21. The lowest BCUT2D eigenvalue weighted by molar-refractivity contribution is -0.156. The average molecular weight is 549 g/mol. The molecule has 3 heterocycles. The molecule has 4 rings (SSSR count). The van der Waals surface area contributed by atoms with Gasteiger partial charge in [-0.3, -0.25) is 14.4 Å². The number of hydrogen-bond acceptors (Lipinski definition) is 6. The number of halogens is 1. The van der Waals surface area contributed by atoms with Gasteiger partial charge in [-0.15, -0.1) is 6.58 Å². The van der Waals surface area contributed by atoms with Gasteiger partial charge in [0.2, 0.25) is 11.8 Å². The number of aliphatic hydroxyl groups excluding tert-OH is 1. The Morgan fingerprint density at radius 2 is 2.06 bits per heavy atom. The summed E-state index contributed by atoms with van der Waals surface area (Å²) >= 11 is 3.65. The summed E-state index contributed by atoms with van der Waals surface area (Å²) in [7, 11) is 0. The predicted octanol–water partition coefficient (Wildman–Crippen LogP) is 2.45. The van der Waals surface area contributed by atoms with Crippen LogP contribution in [-0.4, -0.2) is 81.1 Å². The molecule has 7 atom stereocenters. The Bertz CT molecular complexity index is 987. The van der Waals surface area contributed by atoms with Gasteiger partial charge in [0.05, 0.1) is 37.2 Å². The zero-order chi connectivity index (χ0) is 25.5. The summed E-state index contributed by atoms with van der Waals surface area (Å²) in [5.74, 6) is -2.85. The van der Waals surface area contributed by atoms with Gasteiger partial charge in [-0.25, -0.2) is 0 Å². The van der Waals surface area contributed by atoms with Crippen LogP contribution in [-0.2, 0) is 23.9 Å². The zero-order valence-corrected chi connectivity index (χ0v) is 21.9. The Labute approximate surface area is 214 Å². The minimum Gasteiger partial charge on any atom is -0.466 e. The molecule has 1 N–H and O–H groups in total. The summed E-state index contributed by atoms with van der Waals surface area (Å²) < 4.78 is 11.8. The lowest BCUT2D eigenvalue weighted by Gasteiger charge is -2.40. The van der Waals surface area contributed by atoms with Crippen LogP contribution in [0.5, 0.6) is 0 Å². The van der Waals surface area contributed by atoms with Crippen LogP contribution in [0.2, 0.25) is 0 Å².